The Morgan fingerprint density at radius 3 is 2.30 bits per heavy atom. The van der Waals surface area contributed by atoms with Crippen molar-refractivity contribution in [1.82, 2.24) is 9.97 Å². The largest absolute Gasteiger partial charge is 0.481 e. The Morgan fingerprint density at radius 1 is 1.07 bits per heavy atom. The fourth-order valence-corrected chi connectivity index (χ4v) is 4.37. The number of hydrogen-bond donors (Lipinski definition) is 1. The van der Waals surface area contributed by atoms with E-state index in [9.17, 15) is 8.42 Å². The number of hydrogen-bond acceptors (Lipinski definition) is 8. The van der Waals surface area contributed by atoms with Gasteiger partial charge in [-0.1, -0.05) is 11.6 Å². The number of anilines is 2. The summed E-state index contributed by atoms with van der Waals surface area (Å²) in [5.74, 6) is 0.852. The van der Waals surface area contributed by atoms with E-state index in [1.165, 1.54) is 31.6 Å². The Morgan fingerprint density at radius 2 is 1.74 bits per heavy atom. The number of halogens is 1. The van der Waals surface area contributed by atoms with Gasteiger partial charge in [0.05, 0.1) is 29.8 Å². The molecule has 0 atom stereocenters. The van der Waals surface area contributed by atoms with E-state index >= 15 is 0 Å². The Hall–Kier alpha value is -2.36. The molecule has 0 saturated carbocycles. The van der Waals surface area contributed by atoms with Crippen molar-refractivity contribution in [2.45, 2.75) is 4.90 Å². The molecule has 3 rings (SSSR count). The van der Waals surface area contributed by atoms with Crippen LogP contribution in [0.15, 0.2) is 40.6 Å². The molecule has 2 heterocycles. The minimum absolute atomic E-state index is 0.0884. The van der Waals surface area contributed by atoms with E-state index in [1.54, 1.807) is 24.3 Å². The number of nitrogens with zero attached hydrogens (tertiary/aromatic N) is 2. The molecule has 0 bridgehead atoms. The van der Waals surface area contributed by atoms with Gasteiger partial charge in [0.15, 0.2) is 15.0 Å². The molecule has 1 N–H and O–H groups in total. The molecule has 0 aliphatic heterocycles. The van der Waals surface area contributed by atoms with Gasteiger partial charge in [-0.15, -0.1) is 11.3 Å². The number of nitrogens with one attached hydrogen (secondary N) is 1. The fourth-order valence-electron chi connectivity index (χ4n) is 2.30. The molecule has 7 nitrogen and oxygen atoms in total. The predicted molar refractivity (Wildman–Crippen MR) is 106 cm³/mol. The molecule has 3 aromatic rings. The summed E-state index contributed by atoms with van der Waals surface area (Å²) in [7, 11) is -0.308. The van der Waals surface area contributed by atoms with Crippen LogP contribution >= 0.6 is 22.9 Å². The molecule has 10 heteroatoms. The van der Waals surface area contributed by atoms with Crippen LogP contribution in [-0.4, -0.2) is 38.9 Å². The van der Waals surface area contributed by atoms with Gasteiger partial charge in [-0.2, -0.15) is 4.98 Å². The molecule has 0 fully saturated rings. The SMILES string of the molecule is COc1cc(-c2csc(Nc3ccc(S(C)(=O)=O)c(Cl)c3)n2)cc(OC)n1. The standard InChI is InChI=1S/C17H16ClN3O4S2/c1-24-15-6-10(7-16(21-15)25-2)13-9-26-17(20-13)19-11-4-5-14(12(18)8-11)27(3,22)23/h4-9H,1-3H3,(H,19,20). The van der Waals surface area contributed by atoms with Crippen LogP contribution in [0.1, 0.15) is 0 Å². The van der Waals surface area contributed by atoms with Crippen molar-refractivity contribution >= 4 is 43.6 Å². The maximum atomic E-state index is 11.6. The lowest BCUT2D eigenvalue weighted by molar-refractivity contribution is 0.365. The molecule has 0 unspecified atom stereocenters. The molecular weight excluding hydrogens is 410 g/mol. The number of methoxy groups -OCH3 is 2. The van der Waals surface area contributed by atoms with Gasteiger partial charge >= 0.3 is 0 Å². The molecule has 0 aliphatic rings. The van der Waals surface area contributed by atoms with E-state index in [2.05, 4.69) is 15.3 Å². The van der Waals surface area contributed by atoms with Gasteiger partial charge in [0.2, 0.25) is 11.8 Å². The average molecular weight is 426 g/mol. The van der Waals surface area contributed by atoms with Crippen molar-refractivity contribution in [2.75, 3.05) is 25.8 Å². The molecule has 1 aromatic carbocycles. The quantitative estimate of drug-likeness (QED) is 0.637. The van der Waals surface area contributed by atoms with E-state index < -0.39 is 9.84 Å². The minimum atomic E-state index is -3.37. The smallest absolute Gasteiger partial charge is 0.216 e. The van der Waals surface area contributed by atoms with E-state index in [1.807, 2.05) is 5.38 Å². The monoisotopic (exact) mass is 425 g/mol. The Labute approximate surface area is 165 Å². The highest BCUT2D eigenvalue weighted by Gasteiger charge is 2.14. The first-order chi connectivity index (χ1) is 12.8. The summed E-state index contributed by atoms with van der Waals surface area (Å²) in [5, 5.41) is 5.78. The topological polar surface area (TPSA) is 90.4 Å². The summed E-state index contributed by atoms with van der Waals surface area (Å²) >= 11 is 7.47. The van der Waals surface area contributed by atoms with Gasteiger partial charge in [0.25, 0.3) is 0 Å². The molecule has 2 aromatic heterocycles. The number of sulfone groups is 1. The predicted octanol–water partition coefficient (Wildman–Crippen LogP) is 4.02. The molecule has 0 aliphatic carbocycles. The summed E-state index contributed by atoms with van der Waals surface area (Å²) in [6.07, 6.45) is 1.12. The van der Waals surface area contributed by atoms with Crippen LogP contribution in [0, 0.1) is 0 Å². The second kappa shape index (κ2) is 7.71. The molecule has 0 saturated heterocycles. The third kappa shape index (κ3) is 4.49. The highest BCUT2D eigenvalue weighted by Crippen LogP contribution is 2.32. The zero-order chi connectivity index (χ0) is 19.6. The number of benzene rings is 1. The van der Waals surface area contributed by atoms with Gasteiger partial charge in [-0.25, -0.2) is 13.4 Å². The van der Waals surface area contributed by atoms with Crippen LogP contribution in [0.4, 0.5) is 10.8 Å². The van der Waals surface area contributed by atoms with E-state index in [0.717, 1.165) is 17.5 Å². The molecular formula is C17H16ClN3O4S2. The van der Waals surface area contributed by atoms with E-state index in [-0.39, 0.29) is 9.92 Å². The van der Waals surface area contributed by atoms with Crippen LogP contribution in [-0.2, 0) is 9.84 Å². The van der Waals surface area contributed by atoms with Crippen molar-refractivity contribution in [1.29, 1.82) is 0 Å². The van der Waals surface area contributed by atoms with Crippen molar-refractivity contribution in [2.24, 2.45) is 0 Å². The first kappa shape index (κ1) is 19.4. The van der Waals surface area contributed by atoms with Gasteiger partial charge in [-0.05, 0) is 18.2 Å². The molecule has 0 spiro atoms. The van der Waals surface area contributed by atoms with Crippen molar-refractivity contribution < 1.29 is 17.9 Å². The number of thiazole rings is 1. The Balaban J connectivity index is 1.86. The normalized spacial score (nSPS) is 11.3. The number of rotatable bonds is 6. The molecule has 0 amide bonds. The average Bonchev–Trinajstić information content (AvgIpc) is 3.08. The van der Waals surface area contributed by atoms with Crippen LogP contribution in [0.3, 0.4) is 0 Å². The molecule has 0 radical (unpaired) electrons. The van der Waals surface area contributed by atoms with Crippen molar-refractivity contribution in [3.63, 3.8) is 0 Å². The fraction of sp³-hybridized carbons (Fsp3) is 0.176. The second-order valence-corrected chi connectivity index (χ2v) is 8.77. The zero-order valence-corrected chi connectivity index (χ0v) is 17.1. The zero-order valence-electron chi connectivity index (χ0n) is 14.7. The maximum absolute atomic E-state index is 11.6. The summed E-state index contributed by atoms with van der Waals surface area (Å²) in [6.45, 7) is 0. The van der Waals surface area contributed by atoms with Crippen LogP contribution < -0.4 is 14.8 Å². The second-order valence-electron chi connectivity index (χ2n) is 5.52. The lowest BCUT2D eigenvalue weighted by Crippen LogP contribution is -1.99. The van der Waals surface area contributed by atoms with Gasteiger partial charge in [0.1, 0.15) is 0 Å². The summed E-state index contributed by atoms with van der Waals surface area (Å²) in [4.78, 5) is 8.78. The van der Waals surface area contributed by atoms with Crippen LogP contribution in [0.2, 0.25) is 5.02 Å². The van der Waals surface area contributed by atoms with Crippen LogP contribution in [0.5, 0.6) is 11.8 Å². The van der Waals surface area contributed by atoms with Gasteiger partial charge in [-0.3, -0.25) is 0 Å². The lowest BCUT2D eigenvalue weighted by atomic mass is 10.2. The molecule has 142 valence electrons. The lowest BCUT2D eigenvalue weighted by Gasteiger charge is -2.07. The van der Waals surface area contributed by atoms with Crippen molar-refractivity contribution in [3.8, 4) is 23.0 Å². The van der Waals surface area contributed by atoms with Gasteiger partial charge in [0, 0.05) is 35.0 Å². The molecule has 27 heavy (non-hydrogen) atoms. The Bertz CT molecular complexity index is 1060. The highest BCUT2D eigenvalue weighted by atomic mass is 35.5. The maximum Gasteiger partial charge on any atom is 0.216 e. The van der Waals surface area contributed by atoms with E-state index in [4.69, 9.17) is 21.1 Å². The Kier molecular flexibility index (Phi) is 5.54. The third-order valence-corrected chi connectivity index (χ3v) is 5.92. The first-order valence-electron chi connectivity index (χ1n) is 7.63. The minimum Gasteiger partial charge on any atom is -0.481 e. The summed E-state index contributed by atoms with van der Waals surface area (Å²) < 4.78 is 33.7. The summed E-state index contributed by atoms with van der Waals surface area (Å²) in [6, 6.07) is 8.19. The third-order valence-electron chi connectivity index (χ3n) is 3.58. The highest BCUT2D eigenvalue weighted by molar-refractivity contribution is 7.90. The van der Waals surface area contributed by atoms with E-state index in [0.29, 0.717) is 22.6 Å². The van der Waals surface area contributed by atoms with Gasteiger partial charge < -0.3 is 14.8 Å². The number of aromatic nitrogens is 2. The van der Waals surface area contributed by atoms with Crippen LogP contribution in [0.25, 0.3) is 11.3 Å². The van der Waals surface area contributed by atoms with Crippen molar-refractivity contribution in [3.05, 3.63) is 40.7 Å². The first-order valence-corrected chi connectivity index (χ1v) is 10.8. The summed E-state index contributed by atoms with van der Waals surface area (Å²) in [5.41, 5.74) is 2.16. The number of pyridine rings is 1. The number of ether oxygens (including phenoxy) is 2.